The van der Waals surface area contributed by atoms with E-state index in [-0.39, 0.29) is 18.1 Å². The van der Waals surface area contributed by atoms with Crippen molar-refractivity contribution in [2.75, 3.05) is 17.4 Å². The zero-order chi connectivity index (χ0) is 20.4. The Hall–Kier alpha value is -3.54. The summed E-state index contributed by atoms with van der Waals surface area (Å²) in [7, 11) is 0. The molecular weight excluding hydrogens is 366 g/mol. The van der Waals surface area contributed by atoms with Crippen LogP contribution in [0.4, 0.5) is 17.1 Å². The third kappa shape index (κ3) is 4.16. The molecule has 6 heteroatoms. The molecule has 0 unspecified atom stereocenters. The number of nitrogens with one attached hydrogen (secondary N) is 2. The van der Waals surface area contributed by atoms with Gasteiger partial charge in [0, 0.05) is 29.3 Å². The van der Waals surface area contributed by atoms with Crippen LogP contribution in [0, 0.1) is 0 Å². The van der Waals surface area contributed by atoms with Gasteiger partial charge >= 0.3 is 0 Å². The van der Waals surface area contributed by atoms with Gasteiger partial charge in [0.15, 0.2) is 11.5 Å². The van der Waals surface area contributed by atoms with Crippen LogP contribution in [0.2, 0.25) is 0 Å². The van der Waals surface area contributed by atoms with Crippen LogP contribution >= 0.6 is 0 Å². The fourth-order valence-electron chi connectivity index (χ4n) is 3.20. The van der Waals surface area contributed by atoms with Crippen molar-refractivity contribution in [3.05, 3.63) is 72.1 Å². The number of nitrogens with zero attached hydrogens (tertiary/aromatic N) is 1. The highest BCUT2D eigenvalue weighted by molar-refractivity contribution is 6.03. The van der Waals surface area contributed by atoms with Gasteiger partial charge in [0.1, 0.15) is 5.69 Å². The highest BCUT2D eigenvalue weighted by atomic mass is 16.7. The number of anilines is 3. The smallest absolute Gasteiger partial charge is 0.274 e. The minimum Gasteiger partial charge on any atom is -0.454 e. The van der Waals surface area contributed by atoms with E-state index in [2.05, 4.69) is 42.5 Å². The molecule has 2 N–H and O–H groups in total. The van der Waals surface area contributed by atoms with Gasteiger partial charge in [-0.05, 0) is 41.3 Å². The Kier molecular flexibility index (Phi) is 4.84. The Balaban J connectivity index is 1.53. The average Bonchev–Trinajstić information content (AvgIpc) is 3.15. The van der Waals surface area contributed by atoms with Crippen molar-refractivity contribution in [2.45, 2.75) is 26.2 Å². The third-order valence-electron chi connectivity index (χ3n) is 4.64. The fourth-order valence-corrected chi connectivity index (χ4v) is 3.20. The molecule has 0 radical (unpaired) electrons. The van der Waals surface area contributed by atoms with Crippen molar-refractivity contribution in [1.29, 1.82) is 0 Å². The summed E-state index contributed by atoms with van der Waals surface area (Å²) in [6.45, 7) is 6.71. The van der Waals surface area contributed by atoms with Gasteiger partial charge in [-0.3, -0.25) is 9.78 Å². The molecule has 1 aliphatic rings. The van der Waals surface area contributed by atoms with Crippen molar-refractivity contribution in [1.82, 2.24) is 4.98 Å². The van der Waals surface area contributed by atoms with E-state index in [1.54, 1.807) is 30.5 Å². The van der Waals surface area contributed by atoms with Crippen LogP contribution in [-0.2, 0) is 5.41 Å². The van der Waals surface area contributed by atoms with E-state index in [1.807, 2.05) is 24.3 Å². The second kappa shape index (κ2) is 7.47. The maximum absolute atomic E-state index is 12.7. The molecule has 0 atom stereocenters. The van der Waals surface area contributed by atoms with E-state index < -0.39 is 0 Å². The minimum atomic E-state index is -0.295. The fraction of sp³-hybridized carbons (Fsp3) is 0.217. The predicted molar refractivity (Wildman–Crippen MR) is 113 cm³/mol. The summed E-state index contributed by atoms with van der Waals surface area (Å²) in [5.41, 5.74) is 3.94. The number of carbonyl (C=O) groups excluding carboxylic acids is 1. The normalized spacial score (nSPS) is 12.5. The van der Waals surface area contributed by atoms with E-state index >= 15 is 0 Å². The van der Waals surface area contributed by atoms with Crippen LogP contribution in [0.1, 0.15) is 36.8 Å². The number of carbonyl (C=O) groups is 1. The summed E-state index contributed by atoms with van der Waals surface area (Å²) >= 11 is 0. The number of para-hydroxylation sites is 1. The van der Waals surface area contributed by atoms with Gasteiger partial charge in [-0.15, -0.1) is 0 Å². The zero-order valence-electron chi connectivity index (χ0n) is 16.7. The van der Waals surface area contributed by atoms with Gasteiger partial charge in [-0.25, -0.2) is 0 Å². The molecule has 6 nitrogen and oxygen atoms in total. The molecule has 1 aromatic heterocycles. The first kappa shape index (κ1) is 18.8. The lowest BCUT2D eigenvalue weighted by Crippen LogP contribution is -2.15. The van der Waals surface area contributed by atoms with Crippen LogP contribution in [0.5, 0.6) is 11.5 Å². The molecule has 0 saturated carbocycles. The van der Waals surface area contributed by atoms with Crippen molar-refractivity contribution < 1.29 is 14.3 Å². The summed E-state index contributed by atoms with van der Waals surface area (Å²) in [6, 6.07) is 17.0. The van der Waals surface area contributed by atoms with Gasteiger partial charge in [0.2, 0.25) is 6.79 Å². The first-order valence-corrected chi connectivity index (χ1v) is 9.44. The number of benzene rings is 2. The molecule has 0 bridgehead atoms. The number of amides is 1. The van der Waals surface area contributed by atoms with Gasteiger partial charge in [0.25, 0.3) is 5.91 Å². The van der Waals surface area contributed by atoms with E-state index in [4.69, 9.17) is 9.47 Å². The Labute approximate surface area is 169 Å². The zero-order valence-corrected chi connectivity index (χ0v) is 16.7. The lowest BCUT2D eigenvalue weighted by atomic mass is 9.86. The molecule has 0 fully saturated rings. The standard InChI is InChI=1S/C23H23N3O3/c1-23(2,3)17-6-4-5-7-18(17)25-16-10-11-24-19(12-16)22(27)26-15-8-9-20-21(13-15)29-14-28-20/h4-13H,14H2,1-3H3,(H,24,25)(H,26,27). The Morgan fingerprint density at radius 1 is 0.966 bits per heavy atom. The predicted octanol–water partition coefficient (Wildman–Crippen LogP) is 5.10. The lowest BCUT2D eigenvalue weighted by Gasteiger charge is -2.23. The van der Waals surface area contributed by atoms with Crippen molar-refractivity contribution >= 4 is 23.0 Å². The summed E-state index contributed by atoms with van der Waals surface area (Å²) in [5, 5.41) is 6.27. The quantitative estimate of drug-likeness (QED) is 0.649. The van der Waals surface area contributed by atoms with E-state index in [0.717, 1.165) is 11.4 Å². The molecule has 0 aliphatic carbocycles. The van der Waals surface area contributed by atoms with Gasteiger partial charge in [-0.2, -0.15) is 0 Å². The maximum Gasteiger partial charge on any atom is 0.274 e. The molecule has 1 aliphatic heterocycles. The van der Waals surface area contributed by atoms with Gasteiger partial charge in [0.05, 0.1) is 0 Å². The minimum absolute atomic E-state index is 0.00379. The number of aromatic nitrogens is 1. The highest BCUT2D eigenvalue weighted by Crippen LogP contribution is 2.34. The Morgan fingerprint density at radius 2 is 1.76 bits per heavy atom. The van der Waals surface area contributed by atoms with E-state index in [1.165, 1.54) is 5.56 Å². The molecule has 1 amide bonds. The second-order valence-corrected chi connectivity index (χ2v) is 7.87. The van der Waals surface area contributed by atoms with Crippen LogP contribution in [0.25, 0.3) is 0 Å². The number of rotatable bonds is 4. The third-order valence-corrected chi connectivity index (χ3v) is 4.64. The largest absolute Gasteiger partial charge is 0.454 e. The molecule has 29 heavy (non-hydrogen) atoms. The summed E-state index contributed by atoms with van der Waals surface area (Å²) in [5.74, 6) is 0.992. The first-order chi connectivity index (χ1) is 13.9. The topological polar surface area (TPSA) is 72.5 Å². The summed E-state index contributed by atoms with van der Waals surface area (Å²) < 4.78 is 10.6. The molecule has 4 rings (SSSR count). The molecular formula is C23H23N3O3. The number of pyridine rings is 1. The summed E-state index contributed by atoms with van der Waals surface area (Å²) in [6.07, 6.45) is 1.62. The molecule has 0 spiro atoms. The van der Waals surface area contributed by atoms with Gasteiger partial charge < -0.3 is 20.1 Å². The molecule has 0 saturated heterocycles. The SMILES string of the molecule is CC(C)(C)c1ccccc1Nc1ccnc(C(=O)Nc2ccc3c(c2)OCO3)c1. The maximum atomic E-state index is 12.7. The van der Waals surface area contributed by atoms with Crippen LogP contribution < -0.4 is 20.1 Å². The molecule has 3 aromatic rings. The number of fused-ring (bicyclic) bond motifs is 1. The lowest BCUT2D eigenvalue weighted by molar-refractivity contribution is 0.102. The number of ether oxygens (including phenoxy) is 2. The van der Waals surface area contributed by atoms with Crippen molar-refractivity contribution in [3.63, 3.8) is 0 Å². The van der Waals surface area contributed by atoms with Crippen LogP contribution in [0.15, 0.2) is 60.8 Å². The van der Waals surface area contributed by atoms with Gasteiger partial charge in [-0.1, -0.05) is 39.0 Å². The summed E-state index contributed by atoms with van der Waals surface area (Å²) in [4.78, 5) is 16.9. The monoisotopic (exact) mass is 389 g/mol. The Morgan fingerprint density at radius 3 is 2.59 bits per heavy atom. The molecule has 2 aromatic carbocycles. The van der Waals surface area contributed by atoms with Crippen LogP contribution in [-0.4, -0.2) is 17.7 Å². The molecule has 2 heterocycles. The first-order valence-electron chi connectivity index (χ1n) is 9.44. The van der Waals surface area contributed by atoms with Crippen LogP contribution in [0.3, 0.4) is 0 Å². The average molecular weight is 389 g/mol. The molecule has 148 valence electrons. The van der Waals surface area contributed by atoms with Crippen molar-refractivity contribution in [3.8, 4) is 11.5 Å². The van der Waals surface area contributed by atoms with Crippen molar-refractivity contribution in [2.24, 2.45) is 0 Å². The second-order valence-electron chi connectivity index (χ2n) is 7.87. The Bertz CT molecular complexity index is 1060. The van der Waals surface area contributed by atoms with E-state index in [9.17, 15) is 4.79 Å². The highest BCUT2D eigenvalue weighted by Gasteiger charge is 2.18. The number of hydrogen-bond acceptors (Lipinski definition) is 5. The van der Waals surface area contributed by atoms with E-state index in [0.29, 0.717) is 22.9 Å². The number of hydrogen-bond donors (Lipinski definition) is 2.